The highest BCUT2D eigenvalue weighted by molar-refractivity contribution is 6.33. The summed E-state index contributed by atoms with van der Waals surface area (Å²) in [5.41, 5.74) is 1.69. The van der Waals surface area contributed by atoms with Crippen LogP contribution in [-0.2, 0) is 9.47 Å². The van der Waals surface area contributed by atoms with Gasteiger partial charge in [0.15, 0.2) is 11.8 Å². The number of ether oxygens (including phenoxy) is 3. The normalized spacial score (nSPS) is 33.9. The summed E-state index contributed by atoms with van der Waals surface area (Å²) in [7, 11) is 0. The number of nitrogens with zero attached hydrogens (tertiary/aromatic N) is 3. The zero-order valence-electron chi connectivity index (χ0n) is 14.5. The van der Waals surface area contributed by atoms with Gasteiger partial charge in [-0.25, -0.2) is 4.98 Å². The molecule has 1 spiro atoms. The van der Waals surface area contributed by atoms with Crippen LogP contribution in [-0.4, -0.2) is 83.9 Å². The third-order valence-corrected chi connectivity index (χ3v) is 6.26. The lowest BCUT2D eigenvalue weighted by molar-refractivity contribution is 0.00706. The molecule has 4 aliphatic rings. The van der Waals surface area contributed by atoms with E-state index < -0.39 is 6.10 Å². The number of nitrogens with one attached hydrogen (secondary N) is 2. The van der Waals surface area contributed by atoms with Crippen LogP contribution in [0.15, 0.2) is 6.07 Å². The van der Waals surface area contributed by atoms with Gasteiger partial charge in [0.25, 0.3) is 6.01 Å². The van der Waals surface area contributed by atoms with Gasteiger partial charge in [0, 0.05) is 31.6 Å². The van der Waals surface area contributed by atoms with Crippen molar-refractivity contribution in [1.29, 1.82) is 0 Å². The predicted molar refractivity (Wildman–Crippen MR) is 96.3 cm³/mol. The summed E-state index contributed by atoms with van der Waals surface area (Å²) >= 11 is 6.46. The number of imidazole rings is 1. The smallest absolute Gasteiger partial charge is 0.296 e. The number of rotatable bonds is 3. The third-order valence-electron chi connectivity index (χ3n) is 5.98. The second-order valence-electron chi connectivity index (χ2n) is 7.99. The molecular weight excluding hydrogens is 374 g/mol. The Morgan fingerprint density at radius 2 is 2.04 bits per heavy atom. The summed E-state index contributed by atoms with van der Waals surface area (Å²) in [5.74, 6) is 0.770. The highest BCUT2D eigenvalue weighted by Gasteiger charge is 2.49. The number of halogens is 1. The molecule has 2 aromatic heterocycles. The molecule has 0 radical (unpaired) electrons. The van der Waals surface area contributed by atoms with Crippen molar-refractivity contribution in [2.24, 2.45) is 5.41 Å². The van der Waals surface area contributed by atoms with Crippen LogP contribution in [0.1, 0.15) is 0 Å². The third kappa shape index (κ3) is 2.46. The molecule has 2 aromatic rings. The fraction of sp³-hybridized carbons (Fsp3) is 0.647. The van der Waals surface area contributed by atoms with Gasteiger partial charge in [-0.3, -0.25) is 0 Å². The Morgan fingerprint density at radius 1 is 1.22 bits per heavy atom. The SMILES string of the molecule is OC1CO[C@@H]2C(Oc3nc4nc(N5CC6(CNC6)C5)c(Cl)cc4[nH]3)CO[C@H]12. The molecule has 6 rings (SSSR count). The maximum absolute atomic E-state index is 9.84. The molecule has 144 valence electrons. The van der Waals surface area contributed by atoms with Crippen molar-refractivity contribution in [1.82, 2.24) is 20.3 Å². The monoisotopic (exact) mass is 393 g/mol. The van der Waals surface area contributed by atoms with E-state index in [-0.39, 0.29) is 24.9 Å². The van der Waals surface area contributed by atoms with Crippen molar-refractivity contribution in [3.05, 3.63) is 11.1 Å². The van der Waals surface area contributed by atoms with Gasteiger partial charge < -0.3 is 34.5 Å². The van der Waals surface area contributed by atoms with Crippen LogP contribution >= 0.6 is 11.6 Å². The molecule has 4 atom stereocenters. The summed E-state index contributed by atoms with van der Waals surface area (Å²) in [6.07, 6.45) is -1.54. The maximum atomic E-state index is 9.84. The van der Waals surface area contributed by atoms with Gasteiger partial charge in [0.2, 0.25) is 0 Å². The maximum Gasteiger partial charge on any atom is 0.296 e. The number of aromatic amines is 1. The van der Waals surface area contributed by atoms with Crippen molar-refractivity contribution in [2.75, 3.05) is 44.3 Å². The fourth-order valence-corrected chi connectivity index (χ4v) is 4.74. The largest absolute Gasteiger partial charge is 0.456 e. The van der Waals surface area contributed by atoms with Gasteiger partial charge in [0.1, 0.15) is 24.1 Å². The molecule has 0 saturated carbocycles. The number of hydrogen-bond acceptors (Lipinski definition) is 8. The highest BCUT2D eigenvalue weighted by Crippen LogP contribution is 2.40. The Hall–Kier alpha value is -1.65. The number of fused-ring (bicyclic) bond motifs is 2. The molecular formula is C17H20ClN5O4. The Balaban J connectivity index is 1.22. The van der Waals surface area contributed by atoms with Crippen molar-refractivity contribution in [3.63, 3.8) is 0 Å². The minimum atomic E-state index is -0.604. The molecule has 6 heterocycles. The lowest BCUT2D eigenvalue weighted by Gasteiger charge is -2.56. The van der Waals surface area contributed by atoms with Gasteiger partial charge in [0.05, 0.1) is 23.8 Å². The van der Waals surface area contributed by atoms with E-state index in [1.807, 2.05) is 6.07 Å². The molecule has 0 amide bonds. The van der Waals surface area contributed by atoms with Gasteiger partial charge in [-0.15, -0.1) is 0 Å². The Bertz CT molecular complexity index is 895. The number of anilines is 1. The van der Waals surface area contributed by atoms with E-state index in [1.54, 1.807) is 0 Å². The van der Waals surface area contributed by atoms with Crippen molar-refractivity contribution in [3.8, 4) is 6.01 Å². The lowest BCUT2D eigenvalue weighted by atomic mass is 9.74. The molecule has 0 aliphatic carbocycles. The average molecular weight is 394 g/mol. The predicted octanol–water partition coefficient (Wildman–Crippen LogP) is -0.0732. The van der Waals surface area contributed by atoms with Crippen molar-refractivity contribution >= 4 is 28.6 Å². The number of aliphatic hydroxyl groups is 1. The van der Waals surface area contributed by atoms with E-state index in [4.69, 9.17) is 25.8 Å². The fourth-order valence-electron chi connectivity index (χ4n) is 4.47. The van der Waals surface area contributed by atoms with Crippen LogP contribution in [0.2, 0.25) is 5.02 Å². The molecule has 27 heavy (non-hydrogen) atoms. The van der Waals surface area contributed by atoms with E-state index in [0.29, 0.717) is 28.7 Å². The molecule has 0 bridgehead atoms. The Morgan fingerprint density at radius 3 is 2.81 bits per heavy atom. The molecule has 2 unspecified atom stereocenters. The van der Waals surface area contributed by atoms with Crippen LogP contribution in [0, 0.1) is 5.41 Å². The second-order valence-corrected chi connectivity index (χ2v) is 8.39. The number of pyridine rings is 1. The molecule has 0 aromatic carbocycles. The standard InChI is InChI=1S/C17H20ClN5O4/c18-8-1-9-14(21-15(8)23-6-17(7-23)4-19-5-17)22-16(20-9)27-11-3-26-12-10(24)2-25-13(11)12/h1,10-13,19,24H,2-7H2,(H,20,21,22)/t10?,11?,12-,13-/m1/s1. The van der Waals surface area contributed by atoms with Crippen molar-refractivity contribution < 1.29 is 19.3 Å². The van der Waals surface area contributed by atoms with E-state index in [1.165, 1.54) is 0 Å². The molecule has 4 fully saturated rings. The zero-order valence-corrected chi connectivity index (χ0v) is 15.3. The van der Waals surface area contributed by atoms with Crippen LogP contribution in [0.25, 0.3) is 11.2 Å². The number of H-pyrrole nitrogens is 1. The molecule has 4 saturated heterocycles. The number of hydrogen-bond donors (Lipinski definition) is 3. The van der Waals surface area contributed by atoms with Gasteiger partial charge in [-0.2, -0.15) is 4.98 Å². The first kappa shape index (κ1) is 16.3. The summed E-state index contributed by atoms with van der Waals surface area (Å²) in [5, 5.41) is 13.8. The van der Waals surface area contributed by atoms with Gasteiger partial charge >= 0.3 is 0 Å². The van der Waals surface area contributed by atoms with Crippen LogP contribution in [0.5, 0.6) is 6.01 Å². The minimum Gasteiger partial charge on any atom is -0.456 e. The molecule has 9 nitrogen and oxygen atoms in total. The number of aliphatic hydroxyl groups excluding tert-OH is 1. The van der Waals surface area contributed by atoms with E-state index in [9.17, 15) is 5.11 Å². The summed E-state index contributed by atoms with van der Waals surface area (Å²) in [6, 6.07) is 2.19. The second kappa shape index (κ2) is 5.68. The van der Waals surface area contributed by atoms with Crippen molar-refractivity contribution in [2.45, 2.75) is 24.4 Å². The van der Waals surface area contributed by atoms with Gasteiger partial charge in [-0.1, -0.05) is 11.6 Å². The lowest BCUT2D eigenvalue weighted by Crippen LogP contribution is -2.71. The quantitative estimate of drug-likeness (QED) is 0.665. The zero-order chi connectivity index (χ0) is 18.2. The highest BCUT2D eigenvalue weighted by atomic mass is 35.5. The number of aromatic nitrogens is 3. The minimum absolute atomic E-state index is 0.267. The molecule has 10 heteroatoms. The summed E-state index contributed by atoms with van der Waals surface area (Å²) < 4.78 is 17.1. The first-order chi connectivity index (χ1) is 13.1. The van der Waals surface area contributed by atoms with Crippen LogP contribution in [0.4, 0.5) is 5.82 Å². The van der Waals surface area contributed by atoms with E-state index in [2.05, 4.69) is 25.2 Å². The first-order valence-electron chi connectivity index (χ1n) is 9.20. The van der Waals surface area contributed by atoms with E-state index in [0.717, 1.165) is 37.5 Å². The summed E-state index contributed by atoms with van der Waals surface area (Å²) in [6.45, 7) is 4.68. The van der Waals surface area contributed by atoms with Crippen LogP contribution < -0.4 is 15.0 Å². The van der Waals surface area contributed by atoms with Gasteiger partial charge in [-0.05, 0) is 6.07 Å². The summed E-state index contributed by atoms with van der Waals surface area (Å²) in [4.78, 5) is 14.4. The Kier molecular flexibility index (Phi) is 3.43. The Labute approximate surface area is 160 Å². The average Bonchev–Trinajstić information content (AvgIpc) is 3.23. The molecule has 4 aliphatic heterocycles. The first-order valence-corrected chi connectivity index (χ1v) is 9.58. The molecule has 3 N–H and O–H groups in total. The van der Waals surface area contributed by atoms with E-state index >= 15 is 0 Å². The van der Waals surface area contributed by atoms with Crippen LogP contribution in [0.3, 0.4) is 0 Å². The topological polar surface area (TPSA) is 105 Å².